The molecule has 4 atom stereocenters. The summed E-state index contributed by atoms with van der Waals surface area (Å²) in [6, 6.07) is -0.854. The van der Waals surface area contributed by atoms with Crippen molar-refractivity contribution in [3.8, 4) is 0 Å². The summed E-state index contributed by atoms with van der Waals surface area (Å²) in [5.74, 6) is 1.46. The van der Waals surface area contributed by atoms with Gasteiger partial charge in [0.2, 0.25) is 0 Å². The summed E-state index contributed by atoms with van der Waals surface area (Å²) >= 11 is 0. The molecule has 1 aliphatic heterocycles. The third kappa shape index (κ3) is 10.0. The highest BCUT2D eigenvalue weighted by Crippen LogP contribution is 2.34. The summed E-state index contributed by atoms with van der Waals surface area (Å²) in [5, 5.41) is 6.38. The van der Waals surface area contributed by atoms with Crippen molar-refractivity contribution in [2.75, 3.05) is 19.9 Å². The van der Waals surface area contributed by atoms with E-state index in [0.29, 0.717) is 55.9 Å². The topological polar surface area (TPSA) is 105 Å². The van der Waals surface area contributed by atoms with E-state index in [1.54, 1.807) is 6.92 Å². The van der Waals surface area contributed by atoms with Gasteiger partial charge in [0.05, 0.1) is 25.4 Å². The lowest BCUT2D eigenvalue weighted by molar-refractivity contribution is -0.123. The van der Waals surface area contributed by atoms with E-state index >= 15 is 0 Å². The SMILES string of the molecule is CC(=O)[C@@H]1C[C@@H](C(C)C)CN1COC[C@@H](NC(=O)N[C@H](CC1=CC(=O)CC(C)(C)CC1=O)C(C)(C)C)C1CCCCC1. The van der Waals surface area contributed by atoms with Crippen molar-refractivity contribution < 1.29 is 23.9 Å². The molecule has 0 aromatic carbocycles. The molecule has 1 saturated heterocycles. The Morgan fingerprint density at radius 1 is 1.05 bits per heavy atom. The van der Waals surface area contributed by atoms with Crippen LogP contribution in [0.1, 0.15) is 113 Å². The molecule has 1 heterocycles. The van der Waals surface area contributed by atoms with E-state index < -0.39 is 0 Å². The first kappa shape index (κ1) is 34.4. The fourth-order valence-corrected chi connectivity index (χ4v) is 6.86. The van der Waals surface area contributed by atoms with Gasteiger partial charge in [-0.3, -0.25) is 19.3 Å². The number of hydrogen-bond acceptors (Lipinski definition) is 6. The molecule has 0 spiro atoms. The zero-order chi connectivity index (χ0) is 31.2. The van der Waals surface area contributed by atoms with Crippen molar-refractivity contribution in [1.82, 2.24) is 15.5 Å². The third-order valence-electron chi connectivity index (χ3n) is 9.70. The second-order valence-electron chi connectivity index (χ2n) is 15.5. The lowest BCUT2D eigenvalue weighted by atomic mass is 9.80. The van der Waals surface area contributed by atoms with E-state index in [2.05, 4.69) is 29.4 Å². The lowest BCUT2D eigenvalue weighted by Gasteiger charge is -2.35. The molecule has 0 unspecified atom stereocenters. The van der Waals surface area contributed by atoms with Crippen LogP contribution in [-0.4, -0.2) is 66.3 Å². The van der Waals surface area contributed by atoms with Crippen LogP contribution < -0.4 is 10.6 Å². The van der Waals surface area contributed by atoms with E-state index in [9.17, 15) is 19.2 Å². The Balaban J connectivity index is 1.66. The number of carbonyl (C=O) groups is 4. The smallest absolute Gasteiger partial charge is 0.315 e. The minimum absolute atomic E-state index is 0.0127. The van der Waals surface area contributed by atoms with Gasteiger partial charge in [-0.15, -0.1) is 0 Å². The van der Waals surface area contributed by atoms with Crippen LogP contribution in [0.15, 0.2) is 11.6 Å². The van der Waals surface area contributed by atoms with Crippen LogP contribution in [0.4, 0.5) is 4.79 Å². The Bertz CT molecular complexity index is 1010. The Kier molecular flexibility index (Phi) is 12.0. The van der Waals surface area contributed by atoms with Gasteiger partial charge < -0.3 is 15.4 Å². The molecule has 2 aliphatic carbocycles. The van der Waals surface area contributed by atoms with Crippen molar-refractivity contribution in [3.63, 3.8) is 0 Å². The van der Waals surface area contributed by atoms with Crippen molar-refractivity contribution in [3.05, 3.63) is 11.6 Å². The first-order chi connectivity index (χ1) is 19.6. The average molecular weight is 588 g/mol. The molecule has 0 radical (unpaired) electrons. The number of amides is 2. The van der Waals surface area contributed by atoms with Crippen LogP contribution in [0, 0.1) is 28.6 Å². The Morgan fingerprint density at radius 2 is 1.71 bits per heavy atom. The second kappa shape index (κ2) is 14.6. The highest BCUT2D eigenvalue weighted by atomic mass is 16.5. The Labute approximate surface area is 254 Å². The quantitative estimate of drug-likeness (QED) is 0.315. The fraction of sp³-hybridized carbons (Fsp3) is 0.824. The number of Topliss-reactive ketones (excluding diaryl/α,β-unsaturated/α-hetero) is 2. The van der Waals surface area contributed by atoms with Gasteiger partial charge in [0.15, 0.2) is 11.6 Å². The number of nitrogens with one attached hydrogen (secondary N) is 2. The largest absolute Gasteiger partial charge is 0.364 e. The number of allylic oxidation sites excluding steroid dienone is 1. The zero-order valence-electron chi connectivity index (χ0n) is 27.5. The van der Waals surface area contributed by atoms with Crippen molar-refractivity contribution in [2.24, 2.45) is 28.6 Å². The molecule has 8 heteroatoms. The predicted molar refractivity (Wildman–Crippen MR) is 166 cm³/mol. The van der Waals surface area contributed by atoms with E-state index in [4.69, 9.17) is 4.74 Å². The van der Waals surface area contributed by atoms with Crippen LogP contribution in [0.3, 0.4) is 0 Å². The molecule has 2 N–H and O–H groups in total. The number of nitrogens with zero attached hydrogens (tertiary/aromatic N) is 1. The van der Waals surface area contributed by atoms with Crippen molar-refractivity contribution in [1.29, 1.82) is 0 Å². The van der Waals surface area contributed by atoms with Gasteiger partial charge in [-0.05, 0) is 67.3 Å². The normalized spacial score (nSPS) is 25.6. The predicted octanol–water partition coefficient (Wildman–Crippen LogP) is 5.83. The average Bonchev–Trinajstić information content (AvgIpc) is 3.27. The minimum atomic E-state index is -0.364. The molecule has 42 heavy (non-hydrogen) atoms. The van der Waals surface area contributed by atoms with Crippen molar-refractivity contribution >= 4 is 23.4 Å². The summed E-state index contributed by atoms with van der Waals surface area (Å²) < 4.78 is 6.24. The molecule has 0 aromatic heterocycles. The van der Waals surface area contributed by atoms with Gasteiger partial charge in [-0.2, -0.15) is 0 Å². The van der Waals surface area contributed by atoms with Gasteiger partial charge in [-0.25, -0.2) is 4.79 Å². The molecule has 0 aromatic rings. The van der Waals surface area contributed by atoms with Gasteiger partial charge in [-0.1, -0.05) is 67.7 Å². The molecule has 3 rings (SSSR count). The summed E-state index contributed by atoms with van der Waals surface area (Å²) in [6.07, 6.45) is 8.97. The number of rotatable bonds is 11. The highest BCUT2D eigenvalue weighted by Gasteiger charge is 2.37. The van der Waals surface area contributed by atoms with E-state index in [1.807, 2.05) is 34.6 Å². The van der Waals surface area contributed by atoms with Crippen LogP contribution >= 0.6 is 0 Å². The number of ether oxygens (including phenoxy) is 1. The maximum absolute atomic E-state index is 13.5. The monoisotopic (exact) mass is 587 g/mol. The van der Waals surface area contributed by atoms with E-state index in [-0.39, 0.29) is 52.3 Å². The summed E-state index contributed by atoms with van der Waals surface area (Å²) in [5.41, 5.74) is -0.190. The first-order valence-corrected chi connectivity index (χ1v) is 16.2. The number of ketones is 3. The highest BCUT2D eigenvalue weighted by molar-refractivity contribution is 6.05. The maximum atomic E-state index is 13.5. The number of likely N-dealkylation sites (tertiary alicyclic amines) is 1. The van der Waals surface area contributed by atoms with Crippen LogP contribution in [-0.2, 0) is 19.1 Å². The molecule has 238 valence electrons. The first-order valence-electron chi connectivity index (χ1n) is 16.2. The van der Waals surface area contributed by atoms with Gasteiger partial charge >= 0.3 is 6.03 Å². The van der Waals surface area contributed by atoms with Crippen LogP contribution in [0.5, 0.6) is 0 Å². The van der Waals surface area contributed by atoms with Gasteiger partial charge in [0.1, 0.15) is 5.78 Å². The van der Waals surface area contributed by atoms with Crippen LogP contribution in [0.2, 0.25) is 0 Å². The molecule has 1 saturated carbocycles. The zero-order valence-corrected chi connectivity index (χ0v) is 27.5. The molecule has 2 fully saturated rings. The standard InChI is InChI=1S/C34H57N3O5/c1-22(2)26-15-29(23(3)38)37(19-26)21-42-20-28(24-12-10-9-11-13-24)35-32(41)36-31(33(4,5)6)16-25-14-27(39)17-34(7,8)18-30(25)40/h14,22,24,26,28-29,31H,9-13,15-21H2,1-8H3,(H2,35,36,41)/t26-,28-,29+,31-/m1/s1. The molecule has 3 aliphatic rings. The van der Waals surface area contributed by atoms with Crippen molar-refractivity contribution in [2.45, 2.75) is 131 Å². The lowest BCUT2D eigenvalue weighted by Crippen LogP contribution is -2.53. The molecular formula is C34H57N3O5. The third-order valence-corrected chi connectivity index (χ3v) is 9.70. The molecule has 8 nitrogen and oxygen atoms in total. The Hall–Kier alpha value is -2.06. The van der Waals surface area contributed by atoms with Gasteiger partial charge in [0, 0.05) is 31.0 Å². The summed E-state index contributed by atoms with van der Waals surface area (Å²) in [7, 11) is 0. The molecule has 2 amide bonds. The number of hydrogen-bond donors (Lipinski definition) is 2. The number of urea groups is 1. The summed E-state index contributed by atoms with van der Waals surface area (Å²) in [6.45, 7) is 17.7. The van der Waals surface area contributed by atoms with Gasteiger partial charge in [0.25, 0.3) is 0 Å². The fourth-order valence-electron chi connectivity index (χ4n) is 6.86. The Morgan fingerprint density at radius 3 is 2.31 bits per heavy atom. The van der Waals surface area contributed by atoms with E-state index in [0.717, 1.165) is 38.6 Å². The molecule has 0 bridgehead atoms. The van der Waals surface area contributed by atoms with Crippen LogP contribution in [0.25, 0.3) is 0 Å². The minimum Gasteiger partial charge on any atom is -0.364 e. The van der Waals surface area contributed by atoms with E-state index in [1.165, 1.54) is 12.5 Å². The summed E-state index contributed by atoms with van der Waals surface area (Å²) in [4.78, 5) is 53.6. The molecular weight excluding hydrogens is 530 g/mol. The number of carbonyl (C=O) groups excluding carboxylic acids is 4. The second-order valence-corrected chi connectivity index (χ2v) is 15.5. The maximum Gasteiger partial charge on any atom is 0.315 e.